The van der Waals surface area contributed by atoms with Crippen LogP contribution in [0.25, 0.3) is 0 Å². The van der Waals surface area contributed by atoms with E-state index in [0.717, 1.165) is 0 Å². The summed E-state index contributed by atoms with van der Waals surface area (Å²) in [7, 11) is 0. The number of nitrogens with zero attached hydrogens (tertiary/aromatic N) is 1. The maximum Gasteiger partial charge on any atom is 0.262 e. The lowest BCUT2D eigenvalue weighted by atomic mass is 10.1. The second-order valence-electron chi connectivity index (χ2n) is 4.16. The van der Waals surface area contributed by atoms with Gasteiger partial charge in [-0.15, -0.1) is 0 Å². The van der Waals surface area contributed by atoms with E-state index in [1.54, 1.807) is 24.3 Å². The molecule has 0 saturated heterocycles. The van der Waals surface area contributed by atoms with Crippen molar-refractivity contribution < 1.29 is 9.53 Å². The van der Waals surface area contributed by atoms with Gasteiger partial charge in [0.1, 0.15) is 5.82 Å². The van der Waals surface area contributed by atoms with Crippen molar-refractivity contribution >= 4 is 40.6 Å². The molecule has 1 aromatic carbocycles. The molecule has 2 aromatic rings. The third kappa shape index (κ3) is 5.13. The summed E-state index contributed by atoms with van der Waals surface area (Å²) in [6, 6.07) is 12.4. The van der Waals surface area contributed by atoms with Gasteiger partial charge in [-0.3, -0.25) is 4.79 Å². The largest absolute Gasteiger partial charge is 0.470 e. The number of nitrogens with one attached hydrogen (secondary N) is 1. The first-order valence-corrected chi connectivity index (χ1v) is 7.07. The van der Waals surface area contributed by atoms with Crippen LogP contribution >= 0.6 is 23.8 Å². The van der Waals surface area contributed by atoms with Crippen LogP contribution in [0.5, 0.6) is 0 Å². The highest BCUT2D eigenvalue weighted by Crippen LogP contribution is 2.10. The maximum absolute atomic E-state index is 11.9. The number of anilines is 1. The van der Waals surface area contributed by atoms with Crippen LogP contribution in [0.15, 0.2) is 48.7 Å². The van der Waals surface area contributed by atoms with E-state index in [0.29, 0.717) is 16.4 Å². The summed E-state index contributed by atoms with van der Waals surface area (Å²) in [6.45, 7) is 0.215. The smallest absolute Gasteiger partial charge is 0.262 e. The second-order valence-corrected chi connectivity index (χ2v) is 4.97. The number of rotatable bonds is 5. The number of pyridine rings is 1. The van der Waals surface area contributed by atoms with Crippen molar-refractivity contribution in [2.45, 2.75) is 6.42 Å². The molecule has 0 aliphatic carbocycles. The van der Waals surface area contributed by atoms with E-state index in [1.807, 2.05) is 18.2 Å². The SMILES string of the molecule is O=C(CCOC(=S)Nc1ccc(Cl)cn1)c1ccccc1. The molecule has 0 atom stereocenters. The first-order chi connectivity index (χ1) is 10.1. The molecule has 4 nitrogen and oxygen atoms in total. The number of carbonyl (C=O) groups is 1. The van der Waals surface area contributed by atoms with Gasteiger partial charge < -0.3 is 10.1 Å². The molecular weight excluding hydrogens is 308 g/mol. The summed E-state index contributed by atoms with van der Waals surface area (Å²) >= 11 is 10.8. The van der Waals surface area contributed by atoms with Gasteiger partial charge in [0, 0.05) is 18.2 Å². The van der Waals surface area contributed by atoms with Gasteiger partial charge in [-0.2, -0.15) is 0 Å². The Balaban J connectivity index is 1.74. The molecule has 1 heterocycles. The minimum Gasteiger partial charge on any atom is -0.470 e. The zero-order valence-electron chi connectivity index (χ0n) is 11.1. The molecule has 0 aliphatic heterocycles. The Labute approximate surface area is 133 Å². The van der Waals surface area contributed by atoms with Crippen LogP contribution in [0.1, 0.15) is 16.8 Å². The average Bonchev–Trinajstić information content (AvgIpc) is 2.50. The van der Waals surface area contributed by atoms with Crippen LogP contribution in [0.2, 0.25) is 5.02 Å². The van der Waals surface area contributed by atoms with Crippen molar-refractivity contribution in [1.29, 1.82) is 0 Å². The monoisotopic (exact) mass is 320 g/mol. The molecule has 0 aliphatic rings. The fourth-order valence-electron chi connectivity index (χ4n) is 1.60. The van der Waals surface area contributed by atoms with Crippen LogP contribution < -0.4 is 5.32 Å². The van der Waals surface area contributed by atoms with Gasteiger partial charge in [-0.05, 0) is 24.4 Å². The van der Waals surface area contributed by atoms with Crippen LogP contribution in [0.3, 0.4) is 0 Å². The zero-order valence-corrected chi connectivity index (χ0v) is 12.7. The molecule has 2 rings (SSSR count). The quantitative estimate of drug-likeness (QED) is 0.672. The van der Waals surface area contributed by atoms with Gasteiger partial charge in [0.05, 0.1) is 11.6 Å². The first-order valence-electron chi connectivity index (χ1n) is 6.29. The van der Waals surface area contributed by atoms with Crippen LogP contribution in [-0.4, -0.2) is 22.5 Å². The van der Waals surface area contributed by atoms with Crippen LogP contribution in [0, 0.1) is 0 Å². The molecule has 21 heavy (non-hydrogen) atoms. The molecule has 0 radical (unpaired) electrons. The molecular formula is C15H13ClN2O2S. The lowest BCUT2D eigenvalue weighted by Gasteiger charge is -2.08. The Morgan fingerprint density at radius 1 is 1.24 bits per heavy atom. The van der Waals surface area contributed by atoms with Gasteiger partial charge in [0.15, 0.2) is 5.78 Å². The average molecular weight is 321 g/mol. The maximum atomic E-state index is 11.9. The Kier molecular flexibility index (Phi) is 5.66. The first kappa shape index (κ1) is 15.4. The summed E-state index contributed by atoms with van der Waals surface area (Å²) in [6.07, 6.45) is 1.77. The fraction of sp³-hybridized carbons (Fsp3) is 0.133. The number of carbonyl (C=O) groups excluding carboxylic acids is 1. The van der Waals surface area contributed by atoms with E-state index in [4.69, 9.17) is 28.6 Å². The molecule has 1 N–H and O–H groups in total. The molecule has 0 saturated carbocycles. The standard InChI is InChI=1S/C15H13ClN2O2S/c16-12-6-7-14(17-10-12)18-15(21)20-9-8-13(19)11-4-2-1-3-5-11/h1-7,10H,8-9H2,(H,17,18,21). The van der Waals surface area contributed by atoms with E-state index in [2.05, 4.69) is 10.3 Å². The molecule has 0 spiro atoms. The van der Waals surface area contributed by atoms with E-state index < -0.39 is 0 Å². The second kappa shape index (κ2) is 7.71. The van der Waals surface area contributed by atoms with Crippen molar-refractivity contribution in [1.82, 2.24) is 4.98 Å². The normalized spacial score (nSPS) is 9.95. The predicted molar refractivity (Wildman–Crippen MR) is 86.8 cm³/mol. The summed E-state index contributed by atoms with van der Waals surface area (Å²) in [5.41, 5.74) is 0.666. The van der Waals surface area contributed by atoms with Crippen molar-refractivity contribution in [3.05, 3.63) is 59.2 Å². The summed E-state index contributed by atoms with van der Waals surface area (Å²) in [4.78, 5) is 15.9. The lowest BCUT2D eigenvalue weighted by Crippen LogP contribution is -2.16. The van der Waals surface area contributed by atoms with Crippen molar-refractivity contribution in [3.63, 3.8) is 0 Å². The summed E-state index contributed by atoms with van der Waals surface area (Å²) in [5.74, 6) is 0.557. The van der Waals surface area contributed by atoms with Gasteiger partial charge in [0.2, 0.25) is 0 Å². The number of hydrogen-bond acceptors (Lipinski definition) is 4. The van der Waals surface area contributed by atoms with Gasteiger partial charge in [-0.25, -0.2) is 4.98 Å². The van der Waals surface area contributed by atoms with Gasteiger partial charge in [0.25, 0.3) is 5.17 Å². The predicted octanol–water partition coefficient (Wildman–Crippen LogP) is 3.72. The highest BCUT2D eigenvalue weighted by atomic mass is 35.5. The Morgan fingerprint density at radius 2 is 2.00 bits per heavy atom. The highest BCUT2D eigenvalue weighted by Gasteiger charge is 2.06. The Hall–Kier alpha value is -1.98. The van der Waals surface area contributed by atoms with Crippen molar-refractivity contribution in [3.8, 4) is 0 Å². The molecule has 0 amide bonds. The molecule has 0 bridgehead atoms. The topological polar surface area (TPSA) is 51.2 Å². The summed E-state index contributed by atoms with van der Waals surface area (Å²) < 4.78 is 5.29. The molecule has 0 fully saturated rings. The highest BCUT2D eigenvalue weighted by molar-refractivity contribution is 7.80. The summed E-state index contributed by atoms with van der Waals surface area (Å²) in [5, 5.41) is 3.53. The third-order valence-corrected chi connectivity index (χ3v) is 3.06. The third-order valence-electron chi connectivity index (χ3n) is 2.62. The van der Waals surface area contributed by atoms with Crippen LogP contribution in [-0.2, 0) is 4.74 Å². The number of Topliss-reactive ketones (excluding diaryl/α,β-unsaturated/α-hetero) is 1. The zero-order chi connectivity index (χ0) is 15.1. The fourth-order valence-corrected chi connectivity index (χ4v) is 1.89. The van der Waals surface area contributed by atoms with Crippen molar-refractivity contribution in [2.75, 3.05) is 11.9 Å². The number of ketones is 1. The molecule has 0 unspecified atom stereocenters. The minimum absolute atomic E-state index is 0.0167. The number of thiocarbonyl (C=S) groups is 1. The minimum atomic E-state index is 0.0167. The molecule has 6 heteroatoms. The lowest BCUT2D eigenvalue weighted by molar-refractivity contribution is 0.0960. The van der Waals surface area contributed by atoms with E-state index in [-0.39, 0.29) is 24.0 Å². The van der Waals surface area contributed by atoms with Crippen molar-refractivity contribution in [2.24, 2.45) is 0 Å². The number of halogens is 1. The number of hydrogen-bond donors (Lipinski definition) is 1. The number of benzene rings is 1. The van der Waals surface area contributed by atoms with Gasteiger partial charge >= 0.3 is 0 Å². The Bertz CT molecular complexity index is 617. The Morgan fingerprint density at radius 3 is 2.67 bits per heavy atom. The van der Waals surface area contributed by atoms with Crippen LogP contribution in [0.4, 0.5) is 5.82 Å². The van der Waals surface area contributed by atoms with E-state index in [9.17, 15) is 4.79 Å². The molecule has 108 valence electrons. The van der Waals surface area contributed by atoms with E-state index in [1.165, 1.54) is 6.20 Å². The van der Waals surface area contributed by atoms with E-state index >= 15 is 0 Å². The number of aromatic nitrogens is 1. The van der Waals surface area contributed by atoms with Gasteiger partial charge in [-0.1, -0.05) is 41.9 Å². The molecule has 1 aromatic heterocycles. The number of ether oxygens (including phenoxy) is 1.